The lowest BCUT2D eigenvalue weighted by Crippen LogP contribution is -2.15. The molecule has 0 aliphatic heterocycles. The number of nitrogens with one attached hydrogen (secondary N) is 1. The monoisotopic (exact) mass is 312 g/mol. The molecule has 2 rings (SSSR count). The standard InChI is InChI=1S/C13H16N4OS.ClH/c1-8(2)11-7-19-13(16-11)17-12(18)5-10-4-3-9(14)6-15-10;/h3-4,6-8H,5,14H2,1-2H3,(H,16,17,18);1H. The van der Waals surface area contributed by atoms with E-state index >= 15 is 0 Å². The Morgan fingerprint density at radius 2 is 2.20 bits per heavy atom. The Bertz CT molecular complexity index is 568. The van der Waals surface area contributed by atoms with Crippen LogP contribution in [0.15, 0.2) is 23.7 Å². The van der Waals surface area contributed by atoms with Crippen molar-refractivity contribution in [2.45, 2.75) is 26.2 Å². The molecule has 108 valence electrons. The number of pyridine rings is 1. The number of hydrogen-bond donors (Lipinski definition) is 2. The Kier molecular flexibility index (Phi) is 5.91. The first-order valence-corrected chi connectivity index (χ1v) is 6.88. The summed E-state index contributed by atoms with van der Waals surface area (Å²) in [6.07, 6.45) is 1.76. The zero-order chi connectivity index (χ0) is 13.8. The minimum absolute atomic E-state index is 0. The number of nitrogens with zero attached hydrogens (tertiary/aromatic N) is 2. The van der Waals surface area contributed by atoms with Crippen LogP contribution in [0.25, 0.3) is 0 Å². The Morgan fingerprint density at radius 3 is 2.75 bits per heavy atom. The van der Waals surface area contributed by atoms with Gasteiger partial charge in [0.1, 0.15) is 0 Å². The van der Waals surface area contributed by atoms with Gasteiger partial charge in [0.05, 0.1) is 24.0 Å². The maximum absolute atomic E-state index is 11.8. The van der Waals surface area contributed by atoms with E-state index in [4.69, 9.17) is 5.73 Å². The zero-order valence-corrected chi connectivity index (χ0v) is 12.9. The Labute approximate surface area is 128 Å². The van der Waals surface area contributed by atoms with Crippen molar-refractivity contribution in [2.75, 3.05) is 11.1 Å². The van der Waals surface area contributed by atoms with E-state index < -0.39 is 0 Å². The number of hydrogen-bond acceptors (Lipinski definition) is 5. The third-order valence-electron chi connectivity index (χ3n) is 2.55. The molecule has 2 heterocycles. The van der Waals surface area contributed by atoms with Gasteiger partial charge in [-0.1, -0.05) is 13.8 Å². The number of carbonyl (C=O) groups is 1. The fourth-order valence-electron chi connectivity index (χ4n) is 1.48. The molecule has 20 heavy (non-hydrogen) atoms. The molecule has 1 amide bonds. The quantitative estimate of drug-likeness (QED) is 0.909. The van der Waals surface area contributed by atoms with Gasteiger partial charge in [-0.05, 0) is 18.1 Å². The lowest BCUT2D eigenvalue weighted by molar-refractivity contribution is -0.115. The summed E-state index contributed by atoms with van der Waals surface area (Å²) in [6, 6.07) is 3.48. The van der Waals surface area contributed by atoms with Crippen molar-refractivity contribution in [3.8, 4) is 0 Å². The molecular weight excluding hydrogens is 296 g/mol. The van der Waals surface area contributed by atoms with Gasteiger partial charge < -0.3 is 11.1 Å². The maximum atomic E-state index is 11.8. The van der Waals surface area contributed by atoms with Crippen LogP contribution in [0.1, 0.15) is 31.2 Å². The van der Waals surface area contributed by atoms with E-state index in [1.54, 1.807) is 18.3 Å². The third kappa shape index (κ3) is 4.47. The van der Waals surface area contributed by atoms with Gasteiger partial charge in [0.25, 0.3) is 0 Å². The summed E-state index contributed by atoms with van der Waals surface area (Å²) in [5.74, 6) is 0.239. The first kappa shape index (κ1) is 16.4. The molecule has 0 saturated heterocycles. The number of anilines is 2. The van der Waals surface area contributed by atoms with E-state index in [-0.39, 0.29) is 24.7 Å². The molecule has 0 aromatic carbocycles. The molecular formula is C13H17ClN4OS. The average molecular weight is 313 g/mol. The van der Waals surface area contributed by atoms with E-state index in [0.29, 0.717) is 22.4 Å². The fourth-order valence-corrected chi connectivity index (χ4v) is 2.37. The molecule has 0 spiro atoms. The van der Waals surface area contributed by atoms with Crippen molar-refractivity contribution in [3.05, 3.63) is 35.1 Å². The highest BCUT2D eigenvalue weighted by Crippen LogP contribution is 2.21. The summed E-state index contributed by atoms with van der Waals surface area (Å²) in [7, 11) is 0. The van der Waals surface area contributed by atoms with Crippen LogP contribution < -0.4 is 11.1 Å². The van der Waals surface area contributed by atoms with E-state index in [9.17, 15) is 4.79 Å². The number of amides is 1. The molecule has 7 heteroatoms. The van der Waals surface area contributed by atoms with Crippen molar-refractivity contribution < 1.29 is 4.79 Å². The van der Waals surface area contributed by atoms with Crippen LogP contribution in [0.2, 0.25) is 0 Å². The number of carbonyl (C=O) groups excluding carboxylic acids is 1. The van der Waals surface area contributed by atoms with Crippen LogP contribution in [0, 0.1) is 0 Å². The number of thiazole rings is 1. The summed E-state index contributed by atoms with van der Waals surface area (Å²) >= 11 is 1.44. The smallest absolute Gasteiger partial charge is 0.232 e. The van der Waals surface area contributed by atoms with Crippen LogP contribution >= 0.6 is 23.7 Å². The van der Waals surface area contributed by atoms with Crippen LogP contribution in [0.5, 0.6) is 0 Å². The number of nitrogen functional groups attached to an aromatic ring is 1. The highest BCUT2D eigenvalue weighted by Gasteiger charge is 2.09. The number of halogens is 1. The van der Waals surface area contributed by atoms with Gasteiger partial charge in [-0.15, -0.1) is 23.7 Å². The van der Waals surface area contributed by atoms with Gasteiger partial charge in [0.2, 0.25) is 5.91 Å². The third-order valence-corrected chi connectivity index (χ3v) is 3.33. The molecule has 0 aliphatic carbocycles. The maximum Gasteiger partial charge on any atom is 0.232 e. The van der Waals surface area contributed by atoms with Crippen LogP contribution in [-0.4, -0.2) is 15.9 Å². The van der Waals surface area contributed by atoms with E-state index in [2.05, 4.69) is 29.1 Å². The predicted octanol–water partition coefficient (Wildman–Crippen LogP) is 2.85. The average Bonchev–Trinajstić information content (AvgIpc) is 2.80. The molecule has 0 atom stereocenters. The van der Waals surface area contributed by atoms with Crippen LogP contribution in [0.3, 0.4) is 0 Å². The first-order valence-electron chi connectivity index (χ1n) is 6.00. The Hall–Kier alpha value is -1.66. The van der Waals surface area contributed by atoms with Gasteiger partial charge in [-0.25, -0.2) is 4.98 Å². The molecule has 2 aromatic rings. The van der Waals surface area contributed by atoms with Crippen molar-refractivity contribution in [2.24, 2.45) is 0 Å². The molecule has 0 fully saturated rings. The molecule has 0 bridgehead atoms. The topological polar surface area (TPSA) is 80.9 Å². The normalized spacial score (nSPS) is 10.2. The lowest BCUT2D eigenvalue weighted by Gasteiger charge is -2.02. The summed E-state index contributed by atoms with van der Waals surface area (Å²) in [5, 5.41) is 5.37. The highest BCUT2D eigenvalue weighted by atomic mass is 35.5. The molecule has 0 unspecified atom stereocenters. The van der Waals surface area contributed by atoms with E-state index in [1.165, 1.54) is 11.3 Å². The molecule has 0 saturated carbocycles. The van der Waals surface area contributed by atoms with E-state index in [1.807, 2.05) is 5.38 Å². The lowest BCUT2D eigenvalue weighted by atomic mass is 10.2. The molecule has 0 aliphatic rings. The van der Waals surface area contributed by atoms with Crippen LogP contribution in [-0.2, 0) is 11.2 Å². The van der Waals surface area contributed by atoms with Gasteiger partial charge in [-0.3, -0.25) is 9.78 Å². The molecule has 0 radical (unpaired) electrons. The van der Waals surface area contributed by atoms with E-state index in [0.717, 1.165) is 5.69 Å². The second-order valence-electron chi connectivity index (χ2n) is 4.54. The first-order chi connectivity index (χ1) is 9.04. The van der Waals surface area contributed by atoms with Gasteiger partial charge in [0.15, 0.2) is 5.13 Å². The predicted molar refractivity (Wildman–Crippen MR) is 84.4 cm³/mol. The van der Waals surface area contributed by atoms with Gasteiger partial charge in [0, 0.05) is 11.1 Å². The highest BCUT2D eigenvalue weighted by molar-refractivity contribution is 7.13. The second kappa shape index (κ2) is 7.21. The van der Waals surface area contributed by atoms with Crippen molar-refractivity contribution in [1.29, 1.82) is 0 Å². The molecule has 5 nitrogen and oxygen atoms in total. The summed E-state index contributed by atoms with van der Waals surface area (Å²) in [5.41, 5.74) is 7.81. The van der Waals surface area contributed by atoms with Gasteiger partial charge in [-0.2, -0.15) is 0 Å². The largest absolute Gasteiger partial charge is 0.397 e. The fraction of sp³-hybridized carbons (Fsp3) is 0.308. The molecule has 2 aromatic heterocycles. The minimum atomic E-state index is -0.123. The number of rotatable bonds is 4. The minimum Gasteiger partial charge on any atom is -0.397 e. The summed E-state index contributed by atoms with van der Waals surface area (Å²) < 4.78 is 0. The van der Waals surface area contributed by atoms with Crippen molar-refractivity contribution in [3.63, 3.8) is 0 Å². The Balaban J connectivity index is 0.00000200. The Morgan fingerprint density at radius 1 is 1.45 bits per heavy atom. The SMILES string of the molecule is CC(C)c1csc(NC(=O)Cc2ccc(N)cn2)n1.Cl. The summed E-state index contributed by atoms with van der Waals surface area (Å²) in [4.78, 5) is 20.3. The number of nitrogens with two attached hydrogens (primary N) is 1. The molecule has 3 N–H and O–H groups in total. The zero-order valence-electron chi connectivity index (χ0n) is 11.3. The van der Waals surface area contributed by atoms with Crippen LogP contribution in [0.4, 0.5) is 10.8 Å². The number of aromatic nitrogens is 2. The second-order valence-corrected chi connectivity index (χ2v) is 5.40. The van der Waals surface area contributed by atoms with Crippen molar-refractivity contribution in [1.82, 2.24) is 9.97 Å². The van der Waals surface area contributed by atoms with Gasteiger partial charge >= 0.3 is 0 Å². The summed E-state index contributed by atoms with van der Waals surface area (Å²) in [6.45, 7) is 4.14. The van der Waals surface area contributed by atoms with Crippen molar-refractivity contribution >= 4 is 40.5 Å².